The number of primary sulfonamides is 1. The number of rotatable bonds is 4. The maximum absolute atomic E-state index is 12.0. The molecule has 0 radical (unpaired) electrons. The van der Waals surface area contributed by atoms with E-state index in [1.165, 1.54) is 12.1 Å². The number of carbonyl (C=O) groups is 2. The summed E-state index contributed by atoms with van der Waals surface area (Å²) >= 11 is 0. The topological polar surface area (TPSA) is 116 Å². The number of amides is 1. The zero-order valence-corrected chi connectivity index (χ0v) is 13.8. The maximum Gasteiger partial charge on any atom is 0.338 e. The van der Waals surface area contributed by atoms with Crippen LogP contribution in [0.15, 0.2) is 23.1 Å². The molecule has 7 nitrogen and oxygen atoms in total. The molecule has 0 heterocycles. The first-order valence-electron chi connectivity index (χ1n) is 6.52. The smallest absolute Gasteiger partial charge is 0.338 e. The number of hydrogen-bond donors (Lipinski definition) is 2. The highest BCUT2D eigenvalue weighted by Crippen LogP contribution is 2.15. The summed E-state index contributed by atoms with van der Waals surface area (Å²) in [5.41, 5.74) is 0.135. The molecule has 1 amide bonds. The Labute approximate surface area is 129 Å². The van der Waals surface area contributed by atoms with Crippen LogP contribution >= 0.6 is 0 Å². The van der Waals surface area contributed by atoms with Crippen molar-refractivity contribution in [2.75, 3.05) is 6.61 Å². The van der Waals surface area contributed by atoms with Crippen molar-refractivity contribution in [1.82, 2.24) is 5.32 Å². The van der Waals surface area contributed by atoms with Gasteiger partial charge in [-0.3, -0.25) is 4.79 Å². The first-order valence-corrected chi connectivity index (χ1v) is 8.06. The van der Waals surface area contributed by atoms with Gasteiger partial charge in [0.2, 0.25) is 10.0 Å². The molecule has 0 aliphatic heterocycles. The van der Waals surface area contributed by atoms with Gasteiger partial charge in [-0.1, -0.05) is 6.07 Å². The fourth-order valence-electron chi connectivity index (χ4n) is 1.66. The minimum atomic E-state index is -3.92. The van der Waals surface area contributed by atoms with Gasteiger partial charge in [0.05, 0.1) is 10.5 Å². The van der Waals surface area contributed by atoms with Crippen LogP contribution in [0.3, 0.4) is 0 Å². The highest BCUT2D eigenvalue weighted by atomic mass is 32.2. The molecule has 0 saturated heterocycles. The normalized spacial score (nSPS) is 11.9. The zero-order valence-electron chi connectivity index (χ0n) is 13.0. The molecular weight excluding hydrogens is 308 g/mol. The summed E-state index contributed by atoms with van der Waals surface area (Å²) in [5, 5.41) is 7.67. The second-order valence-electron chi connectivity index (χ2n) is 5.90. The number of esters is 1. The van der Waals surface area contributed by atoms with E-state index in [9.17, 15) is 18.0 Å². The molecule has 0 atom stereocenters. The average molecular weight is 328 g/mol. The van der Waals surface area contributed by atoms with Crippen molar-refractivity contribution in [2.45, 2.75) is 38.1 Å². The third-order valence-electron chi connectivity index (χ3n) is 2.61. The SMILES string of the molecule is Cc1ccc(S(N)(=O)=O)cc1C(=O)OCC(=O)NC(C)(C)C. The van der Waals surface area contributed by atoms with Crippen molar-refractivity contribution < 1.29 is 22.7 Å². The van der Waals surface area contributed by atoms with E-state index in [4.69, 9.17) is 9.88 Å². The highest BCUT2D eigenvalue weighted by Gasteiger charge is 2.18. The lowest BCUT2D eigenvalue weighted by Crippen LogP contribution is -2.42. The standard InChI is InChI=1S/C14H20N2O5S/c1-9-5-6-10(22(15,19)20)7-11(9)13(18)21-8-12(17)16-14(2,3)4/h5-7H,8H2,1-4H3,(H,16,17)(H2,15,19,20). The van der Waals surface area contributed by atoms with Crippen LogP contribution in [0, 0.1) is 6.92 Å². The Morgan fingerprint density at radius 2 is 1.86 bits per heavy atom. The molecule has 0 fully saturated rings. The molecule has 0 saturated carbocycles. The summed E-state index contributed by atoms with van der Waals surface area (Å²) in [6.45, 7) is 6.57. The predicted octanol–water partition coefficient (Wildman–Crippen LogP) is 0.714. The molecule has 1 rings (SSSR count). The van der Waals surface area contributed by atoms with E-state index in [1.807, 2.05) is 0 Å². The van der Waals surface area contributed by atoms with Gasteiger partial charge < -0.3 is 10.1 Å². The van der Waals surface area contributed by atoms with E-state index in [0.717, 1.165) is 6.07 Å². The lowest BCUT2D eigenvalue weighted by Gasteiger charge is -2.20. The minimum Gasteiger partial charge on any atom is -0.452 e. The van der Waals surface area contributed by atoms with Crippen molar-refractivity contribution in [1.29, 1.82) is 0 Å². The summed E-state index contributed by atoms with van der Waals surface area (Å²) in [6, 6.07) is 3.88. The molecule has 0 spiro atoms. The Bertz CT molecular complexity index is 690. The van der Waals surface area contributed by atoms with E-state index in [-0.39, 0.29) is 10.5 Å². The van der Waals surface area contributed by atoms with Crippen molar-refractivity contribution in [3.63, 3.8) is 0 Å². The van der Waals surface area contributed by atoms with E-state index in [1.54, 1.807) is 27.7 Å². The summed E-state index contributed by atoms with van der Waals surface area (Å²) in [5.74, 6) is -1.23. The Morgan fingerprint density at radius 3 is 2.36 bits per heavy atom. The number of hydrogen-bond acceptors (Lipinski definition) is 5. The van der Waals surface area contributed by atoms with Gasteiger partial charge in [0, 0.05) is 5.54 Å². The van der Waals surface area contributed by atoms with Crippen molar-refractivity contribution in [2.24, 2.45) is 5.14 Å². The Hall–Kier alpha value is -1.93. The van der Waals surface area contributed by atoms with Crippen LogP contribution in [-0.4, -0.2) is 32.4 Å². The largest absolute Gasteiger partial charge is 0.452 e. The third kappa shape index (κ3) is 5.45. The molecule has 3 N–H and O–H groups in total. The summed E-state index contributed by atoms with van der Waals surface area (Å²) in [6.07, 6.45) is 0. The zero-order chi connectivity index (χ0) is 17.1. The van der Waals surface area contributed by atoms with Gasteiger partial charge in [0.1, 0.15) is 0 Å². The van der Waals surface area contributed by atoms with Gasteiger partial charge in [-0.2, -0.15) is 0 Å². The number of aryl methyl sites for hydroxylation is 1. The Balaban J connectivity index is 2.84. The van der Waals surface area contributed by atoms with Crippen LogP contribution in [0.4, 0.5) is 0 Å². The summed E-state index contributed by atoms with van der Waals surface area (Å²) in [4.78, 5) is 23.4. The molecule has 0 unspecified atom stereocenters. The van der Waals surface area contributed by atoms with Crippen molar-refractivity contribution >= 4 is 21.9 Å². The van der Waals surface area contributed by atoms with Gasteiger partial charge in [-0.25, -0.2) is 18.4 Å². The fraction of sp³-hybridized carbons (Fsp3) is 0.429. The molecule has 122 valence electrons. The van der Waals surface area contributed by atoms with Crippen LogP contribution in [0.25, 0.3) is 0 Å². The van der Waals surface area contributed by atoms with Gasteiger partial charge >= 0.3 is 5.97 Å². The fourth-order valence-corrected chi connectivity index (χ4v) is 2.20. The number of nitrogens with one attached hydrogen (secondary N) is 1. The number of nitrogens with two attached hydrogens (primary N) is 1. The molecule has 0 aliphatic rings. The van der Waals surface area contributed by atoms with Gasteiger partial charge in [-0.15, -0.1) is 0 Å². The summed E-state index contributed by atoms with van der Waals surface area (Å²) in [7, 11) is -3.92. The molecule has 22 heavy (non-hydrogen) atoms. The van der Waals surface area contributed by atoms with Crippen LogP contribution < -0.4 is 10.5 Å². The first-order chi connectivity index (χ1) is 9.90. The molecule has 0 aliphatic carbocycles. The van der Waals surface area contributed by atoms with E-state index >= 15 is 0 Å². The van der Waals surface area contributed by atoms with Crippen LogP contribution in [-0.2, 0) is 19.6 Å². The molecular formula is C14H20N2O5S. The van der Waals surface area contributed by atoms with Gasteiger partial charge in [-0.05, 0) is 45.4 Å². The van der Waals surface area contributed by atoms with Crippen molar-refractivity contribution in [3.8, 4) is 0 Å². The number of benzene rings is 1. The van der Waals surface area contributed by atoms with E-state index in [2.05, 4.69) is 5.32 Å². The maximum atomic E-state index is 12.0. The summed E-state index contributed by atoms with van der Waals surface area (Å²) < 4.78 is 27.5. The van der Waals surface area contributed by atoms with E-state index < -0.39 is 34.0 Å². The third-order valence-corrected chi connectivity index (χ3v) is 3.52. The number of carbonyl (C=O) groups excluding carboxylic acids is 2. The molecule has 1 aromatic carbocycles. The van der Waals surface area contributed by atoms with Gasteiger partial charge in [0.15, 0.2) is 6.61 Å². The Morgan fingerprint density at radius 1 is 1.27 bits per heavy atom. The second kappa shape index (κ2) is 6.45. The van der Waals surface area contributed by atoms with Crippen molar-refractivity contribution in [3.05, 3.63) is 29.3 Å². The van der Waals surface area contributed by atoms with E-state index in [0.29, 0.717) is 5.56 Å². The molecule has 0 bridgehead atoms. The lowest BCUT2D eigenvalue weighted by atomic mass is 10.1. The Kier molecular flexibility index (Phi) is 5.31. The molecule has 1 aromatic rings. The van der Waals surface area contributed by atoms with Crippen LogP contribution in [0.2, 0.25) is 0 Å². The minimum absolute atomic E-state index is 0.0510. The lowest BCUT2D eigenvalue weighted by molar-refractivity contribution is -0.125. The first kappa shape index (κ1) is 18.1. The highest BCUT2D eigenvalue weighted by molar-refractivity contribution is 7.89. The number of sulfonamides is 1. The van der Waals surface area contributed by atoms with Crippen LogP contribution in [0.1, 0.15) is 36.7 Å². The monoisotopic (exact) mass is 328 g/mol. The molecule has 0 aromatic heterocycles. The number of ether oxygens (including phenoxy) is 1. The second-order valence-corrected chi connectivity index (χ2v) is 7.46. The van der Waals surface area contributed by atoms with Gasteiger partial charge in [0.25, 0.3) is 5.91 Å². The van der Waals surface area contributed by atoms with Crippen LogP contribution in [0.5, 0.6) is 0 Å². The predicted molar refractivity (Wildman–Crippen MR) is 80.7 cm³/mol. The molecule has 8 heteroatoms. The average Bonchev–Trinajstić information content (AvgIpc) is 2.33. The quantitative estimate of drug-likeness (QED) is 0.790.